The number of hydrogen-bond donors (Lipinski definition) is 0. The molecule has 9 nitrogen and oxygen atoms in total. The zero-order chi connectivity index (χ0) is 13.5. The Bertz CT molecular complexity index is 347. The predicted octanol–water partition coefficient (Wildman–Crippen LogP) is -2.52. The van der Waals surface area contributed by atoms with Gasteiger partial charge in [-0.05, 0) is 0 Å². The van der Waals surface area contributed by atoms with Gasteiger partial charge in [-0.1, -0.05) is 0 Å². The molecule has 0 aliphatic carbocycles. The van der Waals surface area contributed by atoms with Gasteiger partial charge in [-0.15, -0.1) is 0 Å². The quantitative estimate of drug-likeness (QED) is 0.341. The monoisotopic (exact) mass is 340 g/mol. The molecule has 0 saturated carbocycles. The third kappa shape index (κ3) is 40200. The van der Waals surface area contributed by atoms with Crippen LogP contribution in [0.25, 0.3) is 0 Å². The van der Waals surface area contributed by atoms with Gasteiger partial charge in [0, 0.05) is 18.8 Å². The molecule has 0 radical (unpaired) electrons. The molecule has 13 heteroatoms. The number of rotatable bonds is 0. The van der Waals surface area contributed by atoms with Crippen molar-refractivity contribution in [3.8, 4) is 0 Å². The van der Waals surface area contributed by atoms with E-state index in [1.54, 1.807) is 0 Å². The Labute approximate surface area is 105 Å². The Hall–Kier alpha value is 0.249. The van der Waals surface area contributed by atoms with Crippen molar-refractivity contribution in [3.63, 3.8) is 0 Å². The van der Waals surface area contributed by atoms with Crippen molar-refractivity contribution in [2.75, 3.05) is 18.8 Å². The van der Waals surface area contributed by atoms with Gasteiger partial charge in [-0.3, -0.25) is 0 Å². The molecule has 0 aromatic rings. The van der Waals surface area contributed by atoms with Crippen LogP contribution in [0.1, 0.15) is 0 Å². The Morgan fingerprint density at radius 3 is 0.562 bits per heavy atom. The molecule has 0 aliphatic rings. The van der Waals surface area contributed by atoms with Crippen LogP contribution < -0.4 is 0 Å². The van der Waals surface area contributed by atoms with Crippen molar-refractivity contribution in [1.82, 2.24) is 0 Å². The Morgan fingerprint density at radius 2 is 0.562 bits per heavy atom. The first kappa shape index (κ1) is 25.2. The molecule has 0 unspecified atom stereocenters. The maximum Gasteiger partial charge on any atom is 3.00 e. The SMILES string of the molecule is CS(=O)(=O)[O-].CS(=O)(=O)[O-].CS(=O)(=O)[O-].[Mn+3]. The van der Waals surface area contributed by atoms with Gasteiger partial charge in [0.1, 0.15) is 0 Å². The van der Waals surface area contributed by atoms with Crippen LogP contribution in [0.15, 0.2) is 0 Å². The summed E-state index contributed by atoms with van der Waals surface area (Å²) in [6, 6.07) is 0. The minimum Gasteiger partial charge on any atom is -0.748 e. The van der Waals surface area contributed by atoms with Crippen LogP contribution in [0, 0.1) is 0 Å². The van der Waals surface area contributed by atoms with Gasteiger partial charge in [-0.2, -0.15) is 0 Å². The van der Waals surface area contributed by atoms with Crippen LogP contribution in [0.5, 0.6) is 0 Å². The summed E-state index contributed by atoms with van der Waals surface area (Å²) in [5, 5.41) is 0. The first-order valence-electron chi connectivity index (χ1n) is 2.72. The Kier molecular flexibility index (Phi) is 14.6. The van der Waals surface area contributed by atoms with Gasteiger partial charge >= 0.3 is 17.1 Å². The van der Waals surface area contributed by atoms with E-state index in [0.717, 1.165) is 0 Å². The summed E-state index contributed by atoms with van der Waals surface area (Å²) in [6.45, 7) is 0. The second kappa shape index (κ2) is 9.30. The molecular formula is C3H9MnO9S3. The van der Waals surface area contributed by atoms with E-state index in [4.69, 9.17) is 38.9 Å². The molecule has 0 N–H and O–H groups in total. The van der Waals surface area contributed by atoms with Gasteiger partial charge < -0.3 is 13.7 Å². The molecule has 0 bridgehead atoms. The minimum atomic E-state index is -3.92. The van der Waals surface area contributed by atoms with Gasteiger partial charge in [0.05, 0.1) is 30.4 Å². The van der Waals surface area contributed by atoms with Crippen molar-refractivity contribution in [2.24, 2.45) is 0 Å². The van der Waals surface area contributed by atoms with Crippen molar-refractivity contribution in [1.29, 1.82) is 0 Å². The molecule has 0 atom stereocenters. The Morgan fingerprint density at radius 1 is 0.562 bits per heavy atom. The van der Waals surface area contributed by atoms with Crippen LogP contribution in [0.3, 0.4) is 0 Å². The molecule has 0 aromatic carbocycles. The molecule has 0 fully saturated rings. The van der Waals surface area contributed by atoms with Crippen LogP contribution in [0.2, 0.25) is 0 Å². The van der Waals surface area contributed by atoms with E-state index in [1.807, 2.05) is 0 Å². The van der Waals surface area contributed by atoms with Crippen LogP contribution >= 0.6 is 0 Å². The molecule has 0 saturated heterocycles. The molecule has 0 rings (SSSR count). The van der Waals surface area contributed by atoms with E-state index in [0.29, 0.717) is 18.8 Å². The summed E-state index contributed by atoms with van der Waals surface area (Å²) < 4.78 is 81.7. The third-order valence-electron chi connectivity index (χ3n) is 0. The molecule has 0 spiro atoms. The first-order valence-corrected chi connectivity index (χ1v) is 8.17. The van der Waals surface area contributed by atoms with Crippen LogP contribution in [0.4, 0.5) is 0 Å². The van der Waals surface area contributed by atoms with E-state index in [-0.39, 0.29) is 17.1 Å². The predicted molar refractivity (Wildman–Crippen MR) is 46.9 cm³/mol. The number of hydrogen-bond acceptors (Lipinski definition) is 9. The zero-order valence-corrected chi connectivity index (χ0v) is 11.9. The topological polar surface area (TPSA) is 172 Å². The largest absolute Gasteiger partial charge is 3.00 e. The third-order valence-corrected chi connectivity index (χ3v) is 0. The smallest absolute Gasteiger partial charge is 0.748 e. The fraction of sp³-hybridized carbons (Fsp3) is 1.00. The average Bonchev–Trinajstić information content (AvgIpc) is 1.41. The summed E-state index contributed by atoms with van der Waals surface area (Å²) in [5.41, 5.74) is 0. The summed E-state index contributed by atoms with van der Waals surface area (Å²) in [6.07, 6.45) is 1.81. The van der Waals surface area contributed by atoms with E-state index < -0.39 is 30.4 Å². The van der Waals surface area contributed by atoms with Crippen LogP contribution in [-0.4, -0.2) is 57.7 Å². The molecular weight excluding hydrogens is 331 g/mol. The minimum absolute atomic E-state index is 0. The first-order chi connectivity index (χ1) is 6.00. The van der Waals surface area contributed by atoms with Gasteiger partial charge in [0.25, 0.3) is 0 Å². The standard InChI is InChI=1S/3CH4O3S.Mn/c3*1-5(2,3)4;/h3*1H3,(H,2,3,4);/q;;;+3/p-3. The van der Waals surface area contributed by atoms with Gasteiger partial charge in [0.2, 0.25) is 0 Å². The summed E-state index contributed by atoms with van der Waals surface area (Å²) in [4.78, 5) is 0. The Balaban J connectivity index is -0.0000000655. The molecule has 0 aromatic heterocycles. The van der Waals surface area contributed by atoms with E-state index in [2.05, 4.69) is 0 Å². The molecule has 100 valence electrons. The van der Waals surface area contributed by atoms with Crippen molar-refractivity contribution >= 4 is 30.4 Å². The van der Waals surface area contributed by atoms with E-state index >= 15 is 0 Å². The molecule has 0 heterocycles. The van der Waals surface area contributed by atoms with E-state index in [9.17, 15) is 0 Å². The fourth-order valence-corrected chi connectivity index (χ4v) is 0. The van der Waals surface area contributed by atoms with Crippen molar-refractivity contribution in [2.45, 2.75) is 0 Å². The van der Waals surface area contributed by atoms with Crippen molar-refractivity contribution in [3.05, 3.63) is 0 Å². The normalized spacial score (nSPS) is 10.9. The second-order valence-corrected chi connectivity index (χ2v) is 6.34. The average molecular weight is 340 g/mol. The summed E-state index contributed by atoms with van der Waals surface area (Å²) in [5.74, 6) is 0. The fourth-order valence-electron chi connectivity index (χ4n) is 0. The maximum atomic E-state index is 9.08. The van der Waals surface area contributed by atoms with Gasteiger partial charge in [0.15, 0.2) is 0 Å². The second-order valence-electron chi connectivity index (χ2n) is 2.11. The maximum absolute atomic E-state index is 9.08. The van der Waals surface area contributed by atoms with Crippen LogP contribution in [-0.2, 0) is 47.4 Å². The molecule has 0 aliphatic heterocycles. The molecule has 0 amide bonds. The van der Waals surface area contributed by atoms with Gasteiger partial charge in [-0.25, -0.2) is 25.3 Å². The summed E-state index contributed by atoms with van der Waals surface area (Å²) >= 11 is 0. The van der Waals surface area contributed by atoms with Crippen molar-refractivity contribution < 1.29 is 56.0 Å². The zero-order valence-electron chi connectivity index (χ0n) is 8.28. The molecule has 16 heavy (non-hydrogen) atoms. The van der Waals surface area contributed by atoms with E-state index in [1.165, 1.54) is 0 Å². The summed E-state index contributed by atoms with van der Waals surface area (Å²) in [7, 11) is -11.8.